The standard InChI is InChI=1S/C11H18O2/c1-4-13-9-5-6-10(8(2)3)11(12)7-9/h7-8,10H,4-6H2,1-3H3. The van der Waals surface area contributed by atoms with E-state index in [0.29, 0.717) is 12.5 Å². The first-order valence-electron chi connectivity index (χ1n) is 5.02. The number of ether oxygens (including phenoxy) is 1. The fourth-order valence-electron chi connectivity index (χ4n) is 1.74. The van der Waals surface area contributed by atoms with E-state index >= 15 is 0 Å². The molecule has 2 heteroatoms. The molecule has 0 heterocycles. The zero-order chi connectivity index (χ0) is 9.84. The Kier molecular flexibility index (Phi) is 3.52. The van der Waals surface area contributed by atoms with Crippen LogP contribution in [0, 0.1) is 11.8 Å². The van der Waals surface area contributed by atoms with Gasteiger partial charge in [0.1, 0.15) is 0 Å². The minimum atomic E-state index is 0.212. The van der Waals surface area contributed by atoms with Crippen LogP contribution in [0.1, 0.15) is 33.6 Å². The van der Waals surface area contributed by atoms with E-state index < -0.39 is 0 Å². The number of carbonyl (C=O) groups is 1. The Labute approximate surface area is 80.0 Å². The van der Waals surface area contributed by atoms with E-state index in [1.165, 1.54) is 0 Å². The van der Waals surface area contributed by atoms with Gasteiger partial charge in [0, 0.05) is 18.4 Å². The summed E-state index contributed by atoms with van der Waals surface area (Å²) in [5, 5.41) is 0. The van der Waals surface area contributed by atoms with Crippen molar-refractivity contribution in [1.29, 1.82) is 0 Å². The minimum absolute atomic E-state index is 0.212. The Hall–Kier alpha value is -0.790. The predicted molar refractivity (Wildman–Crippen MR) is 52.3 cm³/mol. The number of hydrogen-bond donors (Lipinski definition) is 0. The Morgan fingerprint density at radius 3 is 2.77 bits per heavy atom. The smallest absolute Gasteiger partial charge is 0.162 e. The van der Waals surface area contributed by atoms with Gasteiger partial charge in [-0.1, -0.05) is 13.8 Å². The van der Waals surface area contributed by atoms with Crippen molar-refractivity contribution in [2.24, 2.45) is 11.8 Å². The maximum atomic E-state index is 11.6. The van der Waals surface area contributed by atoms with E-state index in [1.807, 2.05) is 6.92 Å². The van der Waals surface area contributed by atoms with Gasteiger partial charge >= 0.3 is 0 Å². The average molecular weight is 182 g/mol. The van der Waals surface area contributed by atoms with Crippen molar-refractivity contribution in [2.45, 2.75) is 33.6 Å². The second-order valence-electron chi connectivity index (χ2n) is 3.84. The number of hydrogen-bond acceptors (Lipinski definition) is 2. The van der Waals surface area contributed by atoms with Crippen LogP contribution in [-0.2, 0) is 9.53 Å². The van der Waals surface area contributed by atoms with Crippen molar-refractivity contribution in [3.63, 3.8) is 0 Å². The van der Waals surface area contributed by atoms with Gasteiger partial charge in [-0.25, -0.2) is 0 Å². The molecule has 2 nitrogen and oxygen atoms in total. The monoisotopic (exact) mass is 182 g/mol. The van der Waals surface area contributed by atoms with Gasteiger partial charge in [-0.05, 0) is 19.3 Å². The Morgan fingerprint density at radius 1 is 1.62 bits per heavy atom. The highest BCUT2D eigenvalue weighted by Gasteiger charge is 2.25. The van der Waals surface area contributed by atoms with Crippen molar-refractivity contribution in [3.8, 4) is 0 Å². The van der Waals surface area contributed by atoms with Crippen molar-refractivity contribution in [2.75, 3.05) is 6.61 Å². The third-order valence-corrected chi connectivity index (χ3v) is 2.50. The van der Waals surface area contributed by atoms with Gasteiger partial charge in [0.2, 0.25) is 0 Å². The third-order valence-electron chi connectivity index (χ3n) is 2.50. The fraction of sp³-hybridized carbons (Fsp3) is 0.727. The highest BCUT2D eigenvalue weighted by molar-refractivity contribution is 5.93. The van der Waals surface area contributed by atoms with Crippen LogP contribution >= 0.6 is 0 Å². The maximum absolute atomic E-state index is 11.6. The molecule has 0 aromatic heterocycles. The summed E-state index contributed by atoms with van der Waals surface area (Å²) in [5.74, 6) is 1.77. The van der Waals surface area contributed by atoms with Crippen LogP contribution in [0.3, 0.4) is 0 Å². The van der Waals surface area contributed by atoms with Crippen LogP contribution in [-0.4, -0.2) is 12.4 Å². The summed E-state index contributed by atoms with van der Waals surface area (Å²) >= 11 is 0. The molecule has 1 aliphatic rings. The molecule has 0 N–H and O–H groups in total. The lowest BCUT2D eigenvalue weighted by atomic mass is 9.83. The molecule has 0 aromatic rings. The third kappa shape index (κ3) is 2.58. The van der Waals surface area contributed by atoms with E-state index in [2.05, 4.69) is 13.8 Å². The quantitative estimate of drug-likeness (QED) is 0.670. The van der Waals surface area contributed by atoms with Crippen molar-refractivity contribution >= 4 is 5.78 Å². The van der Waals surface area contributed by atoms with Crippen LogP contribution in [0.15, 0.2) is 11.8 Å². The molecule has 1 rings (SSSR count). The molecule has 1 unspecified atom stereocenters. The number of ketones is 1. The first kappa shape index (κ1) is 10.3. The lowest BCUT2D eigenvalue weighted by Crippen LogP contribution is -2.23. The molecule has 0 radical (unpaired) electrons. The largest absolute Gasteiger partial charge is 0.498 e. The second-order valence-corrected chi connectivity index (χ2v) is 3.84. The second kappa shape index (κ2) is 4.45. The molecule has 0 spiro atoms. The molecule has 0 bridgehead atoms. The Morgan fingerprint density at radius 2 is 2.31 bits per heavy atom. The molecular formula is C11H18O2. The molecule has 0 aliphatic heterocycles. The minimum Gasteiger partial charge on any atom is -0.498 e. The van der Waals surface area contributed by atoms with E-state index in [4.69, 9.17) is 4.74 Å². The summed E-state index contributed by atoms with van der Waals surface area (Å²) in [6, 6.07) is 0. The van der Waals surface area contributed by atoms with Gasteiger partial charge in [-0.15, -0.1) is 0 Å². The van der Waals surface area contributed by atoms with E-state index in [0.717, 1.165) is 18.6 Å². The lowest BCUT2D eigenvalue weighted by Gasteiger charge is -2.23. The molecule has 0 saturated heterocycles. The molecule has 1 atom stereocenters. The van der Waals surface area contributed by atoms with Crippen LogP contribution in [0.25, 0.3) is 0 Å². The maximum Gasteiger partial charge on any atom is 0.162 e. The summed E-state index contributed by atoms with van der Waals surface area (Å²) < 4.78 is 5.32. The number of rotatable bonds is 3. The SMILES string of the molecule is CCOC1=CC(=O)C(C(C)C)CC1. The molecule has 13 heavy (non-hydrogen) atoms. The van der Waals surface area contributed by atoms with Gasteiger partial charge in [0.15, 0.2) is 5.78 Å². The topological polar surface area (TPSA) is 26.3 Å². The summed E-state index contributed by atoms with van der Waals surface area (Å²) in [7, 11) is 0. The van der Waals surface area contributed by atoms with Crippen LogP contribution in [0.2, 0.25) is 0 Å². The van der Waals surface area contributed by atoms with Gasteiger partial charge in [-0.2, -0.15) is 0 Å². The van der Waals surface area contributed by atoms with Crippen molar-refractivity contribution < 1.29 is 9.53 Å². The predicted octanol–water partition coefficient (Wildman–Crippen LogP) is 2.54. The van der Waals surface area contributed by atoms with Gasteiger partial charge in [0.05, 0.1) is 12.4 Å². The molecule has 1 aliphatic carbocycles. The number of carbonyl (C=O) groups excluding carboxylic acids is 1. The van der Waals surface area contributed by atoms with E-state index in [1.54, 1.807) is 6.08 Å². The molecular weight excluding hydrogens is 164 g/mol. The summed E-state index contributed by atoms with van der Waals surface area (Å²) in [6.07, 6.45) is 3.54. The highest BCUT2D eigenvalue weighted by Crippen LogP contribution is 2.26. The zero-order valence-corrected chi connectivity index (χ0v) is 8.67. The fourth-order valence-corrected chi connectivity index (χ4v) is 1.74. The summed E-state index contributed by atoms with van der Waals surface area (Å²) in [5.41, 5.74) is 0. The molecule has 74 valence electrons. The first-order chi connectivity index (χ1) is 6.15. The highest BCUT2D eigenvalue weighted by atomic mass is 16.5. The van der Waals surface area contributed by atoms with Crippen LogP contribution < -0.4 is 0 Å². The van der Waals surface area contributed by atoms with Crippen LogP contribution in [0.4, 0.5) is 0 Å². The van der Waals surface area contributed by atoms with Gasteiger partial charge in [0.25, 0.3) is 0 Å². The summed E-state index contributed by atoms with van der Waals surface area (Å²) in [6.45, 7) is 6.80. The number of allylic oxidation sites excluding steroid dienone is 2. The van der Waals surface area contributed by atoms with Crippen LogP contribution in [0.5, 0.6) is 0 Å². The first-order valence-corrected chi connectivity index (χ1v) is 5.02. The Balaban J connectivity index is 2.61. The van der Waals surface area contributed by atoms with E-state index in [-0.39, 0.29) is 11.7 Å². The van der Waals surface area contributed by atoms with Gasteiger partial charge in [-0.3, -0.25) is 4.79 Å². The lowest BCUT2D eigenvalue weighted by molar-refractivity contribution is -0.120. The van der Waals surface area contributed by atoms with E-state index in [9.17, 15) is 4.79 Å². The zero-order valence-electron chi connectivity index (χ0n) is 8.67. The van der Waals surface area contributed by atoms with Crippen molar-refractivity contribution in [3.05, 3.63) is 11.8 Å². The molecule has 0 aromatic carbocycles. The normalized spacial score (nSPS) is 23.2. The molecule has 0 fully saturated rings. The average Bonchev–Trinajstić information content (AvgIpc) is 2.04. The van der Waals surface area contributed by atoms with Gasteiger partial charge < -0.3 is 4.74 Å². The molecule has 0 saturated carbocycles. The Bertz CT molecular complexity index is 216. The van der Waals surface area contributed by atoms with Crippen molar-refractivity contribution in [1.82, 2.24) is 0 Å². The summed E-state index contributed by atoms with van der Waals surface area (Å²) in [4.78, 5) is 11.6. The molecule has 0 amide bonds.